The van der Waals surface area contributed by atoms with Gasteiger partial charge in [-0.1, -0.05) is 12.8 Å². The summed E-state index contributed by atoms with van der Waals surface area (Å²) in [5, 5.41) is 5.62. The fraction of sp³-hybridized carbons (Fsp3) is 0.333. The summed E-state index contributed by atoms with van der Waals surface area (Å²) < 4.78 is 14.6. The summed E-state index contributed by atoms with van der Waals surface area (Å²) in [6.07, 6.45) is 0.176. The van der Waals surface area contributed by atoms with E-state index in [1.54, 1.807) is 0 Å². The van der Waals surface area contributed by atoms with Gasteiger partial charge in [0.2, 0.25) is 5.91 Å². The average molecular weight is 264 g/mol. The molecule has 7 nitrogen and oxygen atoms in total. The van der Waals surface area contributed by atoms with Gasteiger partial charge in [0.1, 0.15) is 6.26 Å². The molecule has 1 aromatic heterocycles. The third-order valence-electron chi connectivity index (χ3n) is 1.32. The van der Waals surface area contributed by atoms with E-state index in [9.17, 15) is 19.1 Å². The summed E-state index contributed by atoms with van der Waals surface area (Å²) >= 11 is 0. The van der Waals surface area contributed by atoms with Crippen molar-refractivity contribution in [1.29, 1.82) is 0 Å². The minimum atomic E-state index is -4.61. The molecule has 10 heteroatoms. The van der Waals surface area contributed by atoms with Gasteiger partial charge in [-0.15, -0.1) is 0 Å². The summed E-state index contributed by atoms with van der Waals surface area (Å²) in [6.45, 7) is 0. The number of carbonyl (C=O) groups excluding carboxylic acids is 1. The zero-order valence-electron chi connectivity index (χ0n) is 9.00. The third kappa shape index (κ3) is 8.92. The molecule has 0 aliphatic rings. The molecule has 0 saturated carbocycles. The van der Waals surface area contributed by atoms with Gasteiger partial charge in [-0.2, -0.15) is 0 Å². The number of carbonyl (C=O) groups is 1. The molecule has 78 valence electrons. The number of hydrogen-bond donors (Lipinski definition) is 1. The second-order valence-electron chi connectivity index (χ2n) is 2.52. The van der Waals surface area contributed by atoms with Crippen LogP contribution >= 0.6 is 7.60 Å². The van der Waals surface area contributed by atoms with Gasteiger partial charge in [-0.25, -0.2) is 0 Å². The molecule has 0 aliphatic heterocycles. The quantitative estimate of drug-likeness (QED) is 0.426. The first kappa shape index (κ1) is 19.2. The van der Waals surface area contributed by atoms with Crippen molar-refractivity contribution in [3.05, 3.63) is 12.3 Å². The van der Waals surface area contributed by atoms with Crippen LogP contribution in [0.5, 0.6) is 0 Å². The third-order valence-corrected chi connectivity index (χ3v) is 2.09. The maximum Gasteiger partial charge on any atom is 1.00 e. The van der Waals surface area contributed by atoms with Gasteiger partial charge < -0.3 is 24.2 Å². The van der Waals surface area contributed by atoms with Gasteiger partial charge >= 0.3 is 59.1 Å². The van der Waals surface area contributed by atoms with Crippen LogP contribution in [0.2, 0.25) is 0 Å². The van der Waals surface area contributed by atoms with Crippen molar-refractivity contribution in [1.82, 2.24) is 5.16 Å². The Balaban J connectivity index is 0. The van der Waals surface area contributed by atoms with Crippen molar-refractivity contribution in [2.24, 2.45) is 0 Å². The van der Waals surface area contributed by atoms with Gasteiger partial charge in [0, 0.05) is 12.5 Å². The monoisotopic (exact) mass is 264 g/mol. The number of hydrogen-bond acceptors (Lipinski definition) is 6. The van der Waals surface area contributed by atoms with Gasteiger partial charge in [-0.05, 0) is 6.16 Å². The summed E-state index contributed by atoms with van der Waals surface area (Å²) in [6, 6.07) is 1.39. The van der Waals surface area contributed by atoms with Gasteiger partial charge in [0.05, 0.1) is 0 Å². The molecule has 0 spiro atoms. The predicted octanol–water partition coefficient (Wildman–Crippen LogP) is -7.08. The first-order chi connectivity index (χ1) is 6.47. The van der Waals surface area contributed by atoms with E-state index in [1.807, 2.05) is 0 Å². The van der Waals surface area contributed by atoms with Gasteiger partial charge in [0.15, 0.2) is 5.82 Å². The van der Waals surface area contributed by atoms with E-state index < -0.39 is 19.7 Å². The number of anilines is 1. The Hall–Kier alpha value is 0.830. The number of amides is 1. The largest absolute Gasteiger partial charge is 1.00 e. The number of aromatic nitrogens is 1. The van der Waals surface area contributed by atoms with Crippen LogP contribution in [-0.4, -0.2) is 17.2 Å². The zero-order chi connectivity index (χ0) is 10.6. The van der Waals surface area contributed by atoms with E-state index in [0.29, 0.717) is 0 Å². The molecule has 0 unspecified atom stereocenters. The van der Waals surface area contributed by atoms with E-state index in [2.05, 4.69) is 15.0 Å². The van der Waals surface area contributed by atoms with Crippen molar-refractivity contribution in [2.75, 3.05) is 11.5 Å². The molecule has 0 saturated heterocycles. The molecule has 0 aliphatic carbocycles. The van der Waals surface area contributed by atoms with E-state index in [0.717, 1.165) is 0 Å². The second-order valence-corrected chi connectivity index (χ2v) is 4.19. The standard InChI is InChI=1S/C6H9N2O5P.2Na/c9-6(2-4-14(10,11)12)7-5-1-3-13-8-5;;/h1,3H,2,4H2,(H,7,8,9)(H2,10,11,12);;/q;2*+1/p-2. The molecule has 0 atom stereocenters. The first-order valence-electron chi connectivity index (χ1n) is 3.69. The molecule has 16 heavy (non-hydrogen) atoms. The van der Waals surface area contributed by atoms with Crippen molar-refractivity contribution in [3.63, 3.8) is 0 Å². The van der Waals surface area contributed by atoms with Gasteiger partial charge in [0.25, 0.3) is 0 Å². The Morgan fingerprint density at radius 1 is 1.50 bits per heavy atom. The molecule has 0 aromatic carbocycles. The van der Waals surface area contributed by atoms with Crippen LogP contribution in [0.1, 0.15) is 6.42 Å². The van der Waals surface area contributed by atoms with Crippen LogP contribution in [0, 0.1) is 0 Å². The topological polar surface area (TPSA) is 118 Å². The number of rotatable bonds is 4. The Morgan fingerprint density at radius 2 is 2.12 bits per heavy atom. The van der Waals surface area contributed by atoms with Crippen molar-refractivity contribution >= 4 is 19.3 Å². The van der Waals surface area contributed by atoms with E-state index in [-0.39, 0.29) is 71.4 Å². The molecule has 1 N–H and O–H groups in total. The van der Waals surface area contributed by atoms with Crippen LogP contribution in [0.25, 0.3) is 0 Å². The number of nitrogens with one attached hydrogen (secondary N) is 1. The van der Waals surface area contributed by atoms with E-state index in [1.165, 1.54) is 12.3 Å². The van der Waals surface area contributed by atoms with Gasteiger partial charge in [-0.3, -0.25) is 4.79 Å². The maximum atomic E-state index is 11.0. The normalized spacial score (nSPS) is 9.88. The van der Waals surface area contributed by atoms with Crippen LogP contribution < -0.4 is 74.2 Å². The van der Waals surface area contributed by atoms with Crippen LogP contribution in [-0.2, 0) is 9.36 Å². The fourth-order valence-electron chi connectivity index (χ4n) is 0.721. The SMILES string of the molecule is O=C(CCP(=O)([O-])[O-])Nc1ccon1.[Na+].[Na+]. The summed E-state index contributed by atoms with van der Waals surface area (Å²) in [5.41, 5.74) is 0. The van der Waals surface area contributed by atoms with Crippen LogP contribution in [0.4, 0.5) is 5.82 Å². The van der Waals surface area contributed by atoms with Crippen LogP contribution in [0.15, 0.2) is 16.9 Å². The van der Waals surface area contributed by atoms with E-state index >= 15 is 0 Å². The molecule has 1 rings (SSSR count). The maximum absolute atomic E-state index is 11.0. The fourth-order valence-corrected chi connectivity index (χ4v) is 1.20. The second kappa shape index (κ2) is 8.85. The molecule has 0 radical (unpaired) electrons. The predicted molar refractivity (Wildman–Crippen MR) is 42.2 cm³/mol. The van der Waals surface area contributed by atoms with E-state index in [4.69, 9.17) is 0 Å². The molecule has 1 aromatic rings. The Kier molecular flexibility index (Phi) is 10.6. The first-order valence-corrected chi connectivity index (χ1v) is 5.41. The molecule has 0 bridgehead atoms. The van der Waals surface area contributed by atoms with Crippen molar-refractivity contribution in [2.45, 2.75) is 6.42 Å². The number of nitrogens with zero attached hydrogens (tertiary/aromatic N) is 1. The van der Waals surface area contributed by atoms with Crippen LogP contribution in [0.3, 0.4) is 0 Å². The Labute approximate surface area is 136 Å². The molecule has 0 fully saturated rings. The average Bonchev–Trinajstić information content (AvgIpc) is 2.52. The molecular formula is C6H7N2Na2O5P. The minimum absolute atomic E-state index is 0. The Morgan fingerprint density at radius 3 is 2.56 bits per heavy atom. The summed E-state index contributed by atoms with van der Waals surface area (Å²) in [4.78, 5) is 31.4. The Bertz CT molecular complexity index is 352. The zero-order valence-corrected chi connectivity index (χ0v) is 13.9. The smallest absolute Gasteiger partial charge is 0.811 e. The molecular weight excluding hydrogens is 257 g/mol. The minimum Gasteiger partial charge on any atom is -0.811 e. The van der Waals surface area contributed by atoms with Crippen molar-refractivity contribution in [3.8, 4) is 0 Å². The summed E-state index contributed by atoms with van der Waals surface area (Å²) in [5.74, 6) is -0.410. The molecule has 1 heterocycles. The summed E-state index contributed by atoms with van der Waals surface area (Å²) in [7, 11) is -4.61. The molecule has 1 amide bonds. The van der Waals surface area contributed by atoms with Crippen molar-refractivity contribution < 1.29 is 82.8 Å².